The lowest BCUT2D eigenvalue weighted by Crippen LogP contribution is -2.41. The van der Waals surface area contributed by atoms with Gasteiger partial charge < -0.3 is 24.6 Å². The van der Waals surface area contributed by atoms with Gasteiger partial charge in [0.05, 0.1) is 21.2 Å². The van der Waals surface area contributed by atoms with E-state index in [0.717, 1.165) is 19.4 Å². The lowest BCUT2D eigenvalue weighted by Gasteiger charge is -2.32. The fourth-order valence-corrected chi connectivity index (χ4v) is 5.31. The van der Waals surface area contributed by atoms with Crippen LogP contribution in [0.2, 0.25) is 10.0 Å². The number of fused-ring (bicyclic) bond motifs is 1. The van der Waals surface area contributed by atoms with Crippen molar-refractivity contribution in [3.8, 4) is 11.5 Å². The third kappa shape index (κ3) is 6.05. The number of hydrogen-bond donors (Lipinski definition) is 1. The number of likely N-dealkylation sites (N-methyl/N-ethyl adjacent to an activating group) is 1. The van der Waals surface area contributed by atoms with Gasteiger partial charge in [0.1, 0.15) is 24.9 Å². The Labute approximate surface area is 236 Å². The Bertz CT molecular complexity index is 1380. The van der Waals surface area contributed by atoms with Crippen LogP contribution in [-0.4, -0.2) is 71.1 Å². The number of hydrogen-bond acceptors (Lipinski definition) is 7. The van der Waals surface area contributed by atoms with Crippen LogP contribution in [0.3, 0.4) is 0 Å². The van der Waals surface area contributed by atoms with Gasteiger partial charge in [-0.05, 0) is 50.7 Å². The standard InChI is InChI=1S/C28H30Cl2FN5O3/c1-3-25(37)36-11-8-18(9-12-36)39-24-13-19-22(14-23(24)38-15-17-5-4-10-35(17)2)32-16-33-28(19)34-21-7-6-20(29)26(30)27(21)31/h3,6-7,13-14,16-18H,1,4-5,8-12,15H2,2H3,(H,32,33,34)/t17-/m1/s1. The summed E-state index contributed by atoms with van der Waals surface area (Å²) in [6, 6.07) is 6.99. The molecule has 2 aliphatic rings. The number of likely N-dealkylation sites (tertiary alicyclic amines) is 2. The average molecular weight is 574 g/mol. The second-order valence-corrected chi connectivity index (χ2v) is 10.6. The maximum absolute atomic E-state index is 14.8. The molecule has 0 saturated carbocycles. The Morgan fingerprint density at radius 3 is 2.69 bits per heavy atom. The van der Waals surface area contributed by atoms with Crippen LogP contribution >= 0.6 is 23.2 Å². The summed E-state index contributed by atoms with van der Waals surface area (Å²) in [5, 5.41) is 3.60. The predicted molar refractivity (Wildman–Crippen MR) is 151 cm³/mol. The minimum atomic E-state index is -0.672. The summed E-state index contributed by atoms with van der Waals surface area (Å²) < 4.78 is 27.6. The molecule has 0 unspecified atom stereocenters. The van der Waals surface area contributed by atoms with Crippen LogP contribution in [0.25, 0.3) is 10.9 Å². The molecule has 11 heteroatoms. The molecule has 39 heavy (non-hydrogen) atoms. The summed E-state index contributed by atoms with van der Waals surface area (Å²) in [6.45, 7) is 6.31. The lowest BCUT2D eigenvalue weighted by atomic mass is 10.1. The van der Waals surface area contributed by atoms with Gasteiger partial charge in [0.25, 0.3) is 0 Å². The normalized spacial score (nSPS) is 18.4. The van der Waals surface area contributed by atoms with Crippen molar-refractivity contribution in [2.75, 3.05) is 38.6 Å². The van der Waals surface area contributed by atoms with Crippen LogP contribution in [0, 0.1) is 5.82 Å². The van der Waals surface area contributed by atoms with E-state index >= 15 is 0 Å². The molecule has 0 aliphatic carbocycles. The molecule has 1 N–H and O–H groups in total. The van der Waals surface area contributed by atoms with Crippen LogP contribution in [0.4, 0.5) is 15.9 Å². The van der Waals surface area contributed by atoms with Crippen LogP contribution in [0.5, 0.6) is 11.5 Å². The molecule has 3 aromatic rings. The largest absolute Gasteiger partial charge is 0.488 e. The number of nitrogens with zero attached hydrogens (tertiary/aromatic N) is 4. The Hall–Kier alpha value is -3.14. The zero-order chi connectivity index (χ0) is 27.5. The Morgan fingerprint density at radius 1 is 1.18 bits per heavy atom. The SMILES string of the molecule is C=CC(=O)N1CCC(Oc2cc3c(Nc4ccc(Cl)c(Cl)c4F)ncnc3cc2OC[C@H]2CCCN2C)CC1. The van der Waals surface area contributed by atoms with E-state index in [1.807, 2.05) is 12.1 Å². The molecule has 1 aromatic heterocycles. The number of nitrogens with one attached hydrogen (secondary N) is 1. The van der Waals surface area contributed by atoms with Gasteiger partial charge in [0, 0.05) is 43.4 Å². The second kappa shape index (κ2) is 11.9. The first kappa shape index (κ1) is 27.4. The number of rotatable bonds is 8. The van der Waals surface area contributed by atoms with Crippen LogP contribution in [0.15, 0.2) is 43.2 Å². The van der Waals surface area contributed by atoms with Crippen molar-refractivity contribution in [2.24, 2.45) is 0 Å². The number of benzene rings is 2. The quantitative estimate of drug-likeness (QED) is 0.267. The maximum Gasteiger partial charge on any atom is 0.245 e. The number of amides is 1. The molecule has 0 spiro atoms. The van der Waals surface area contributed by atoms with Crippen molar-refractivity contribution in [3.05, 3.63) is 59.1 Å². The average Bonchev–Trinajstić information content (AvgIpc) is 3.36. The summed E-state index contributed by atoms with van der Waals surface area (Å²) in [7, 11) is 2.10. The summed E-state index contributed by atoms with van der Waals surface area (Å²) >= 11 is 12.0. The third-order valence-electron chi connectivity index (χ3n) is 7.31. The van der Waals surface area contributed by atoms with Gasteiger partial charge in [-0.15, -0.1) is 0 Å². The van der Waals surface area contributed by atoms with E-state index in [9.17, 15) is 9.18 Å². The van der Waals surface area contributed by atoms with E-state index in [1.165, 1.54) is 24.5 Å². The molecule has 0 radical (unpaired) electrons. The number of carbonyl (C=O) groups excluding carboxylic acids is 1. The molecule has 1 atom stereocenters. The minimum Gasteiger partial charge on any atom is -0.488 e. The fourth-order valence-electron chi connectivity index (χ4n) is 5.00. The first-order valence-electron chi connectivity index (χ1n) is 12.9. The van der Waals surface area contributed by atoms with Gasteiger partial charge in [0.15, 0.2) is 17.3 Å². The Morgan fingerprint density at radius 2 is 1.97 bits per heavy atom. The monoisotopic (exact) mass is 573 g/mol. The highest BCUT2D eigenvalue weighted by Gasteiger charge is 2.26. The molecule has 2 aliphatic heterocycles. The number of ether oxygens (including phenoxy) is 2. The smallest absolute Gasteiger partial charge is 0.245 e. The zero-order valence-corrected chi connectivity index (χ0v) is 23.1. The van der Waals surface area contributed by atoms with Gasteiger partial charge in [0.2, 0.25) is 5.91 Å². The van der Waals surface area contributed by atoms with E-state index in [1.54, 1.807) is 4.90 Å². The summed E-state index contributed by atoms with van der Waals surface area (Å²) in [6.07, 6.45) is 6.19. The van der Waals surface area contributed by atoms with Gasteiger partial charge in [-0.2, -0.15) is 0 Å². The zero-order valence-electron chi connectivity index (χ0n) is 21.6. The van der Waals surface area contributed by atoms with E-state index in [-0.39, 0.29) is 27.7 Å². The number of piperidine rings is 1. The number of halogens is 3. The first-order valence-corrected chi connectivity index (χ1v) is 13.7. The first-order chi connectivity index (χ1) is 18.8. The maximum atomic E-state index is 14.8. The molecule has 5 rings (SSSR count). The van der Waals surface area contributed by atoms with Crippen molar-refractivity contribution in [1.29, 1.82) is 0 Å². The number of aromatic nitrogens is 2. The molecule has 2 aromatic carbocycles. The fraction of sp³-hybridized carbons (Fsp3) is 0.393. The minimum absolute atomic E-state index is 0.0775. The molecular formula is C28H30Cl2FN5O3. The van der Waals surface area contributed by atoms with Crippen LogP contribution < -0.4 is 14.8 Å². The molecular weight excluding hydrogens is 544 g/mol. The Balaban J connectivity index is 1.45. The molecule has 8 nitrogen and oxygen atoms in total. The van der Waals surface area contributed by atoms with Gasteiger partial charge >= 0.3 is 0 Å². The van der Waals surface area contributed by atoms with E-state index in [0.29, 0.717) is 66.8 Å². The molecule has 1 amide bonds. The lowest BCUT2D eigenvalue weighted by molar-refractivity contribution is -0.127. The van der Waals surface area contributed by atoms with E-state index < -0.39 is 5.82 Å². The van der Waals surface area contributed by atoms with Crippen molar-refractivity contribution in [1.82, 2.24) is 19.8 Å². The van der Waals surface area contributed by atoms with Gasteiger partial charge in [-0.25, -0.2) is 14.4 Å². The highest BCUT2D eigenvalue weighted by molar-refractivity contribution is 6.42. The van der Waals surface area contributed by atoms with Crippen molar-refractivity contribution >= 4 is 51.5 Å². The van der Waals surface area contributed by atoms with Crippen molar-refractivity contribution in [2.45, 2.75) is 37.8 Å². The van der Waals surface area contributed by atoms with Crippen molar-refractivity contribution in [3.63, 3.8) is 0 Å². The molecule has 2 saturated heterocycles. The molecule has 2 fully saturated rings. The van der Waals surface area contributed by atoms with Crippen LogP contribution in [-0.2, 0) is 4.79 Å². The van der Waals surface area contributed by atoms with E-state index in [2.05, 4.69) is 33.8 Å². The van der Waals surface area contributed by atoms with Gasteiger partial charge in [-0.1, -0.05) is 29.8 Å². The highest BCUT2D eigenvalue weighted by atomic mass is 35.5. The van der Waals surface area contributed by atoms with Gasteiger partial charge in [-0.3, -0.25) is 4.79 Å². The summed E-state index contributed by atoms with van der Waals surface area (Å²) in [5.74, 6) is 0.762. The molecule has 206 valence electrons. The van der Waals surface area contributed by atoms with Crippen LogP contribution in [0.1, 0.15) is 25.7 Å². The topological polar surface area (TPSA) is 79.8 Å². The van der Waals surface area contributed by atoms with Crippen molar-refractivity contribution < 1.29 is 18.7 Å². The number of anilines is 2. The highest BCUT2D eigenvalue weighted by Crippen LogP contribution is 2.38. The van der Waals surface area contributed by atoms with E-state index in [4.69, 9.17) is 32.7 Å². The molecule has 0 bridgehead atoms. The summed E-state index contributed by atoms with van der Waals surface area (Å²) in [4.78, 5) is 24.8. The number of carbonyl (C=O) groups is 1. The Kier molecular flexibility index (Phi) is 8.40. The second-order valence-electron chi connectivity index (χ2n) is 9.82. The summed E-state index contributed by atoms with van der Waals surface area (Å²) in [5.41, 5.74) is 0.747. The predicted octanol–water partition coefficient (Wildman–Crippen LogP) is 5.85. The third-order valence-corrected chi connectivity index (χ3v) is 8.09. The molecule has 3 heterocycles.